The number of carbonyl (C=O) groups is 3. The fourth-order valence-electron chi connectivity index (χ4n) is 4.61. The molecule has 3 N–H and O–H groups in total. The van der Waals surface area contributed by atoms with Gasteiger partial charge in [0.25, 0.3) is 0 Å². The molecule has 2 aromatic rings. The van der Waals surface area contributed by atoms with Gasteiger partial charge >= 0.3 is 36.0 Å². The number of ether oxygens (including phenoxy) is 1. The number of carboxylic acid groups (broad SMARTS) is 3. The van der Waals surface area contributed by atoms with Crippen molar-refractivity contribution in [2.75, 3.05) is 26.2 Å². The second kappa shape index (κ2) is 13.4. The number of carboxylic acids is 2. The number of amides is 1. The lowest BCUT2D eigenvalue weighted by Gasteiger charge is -2.42. The van der Waals surface area contributed by atoms with Crippen molar-refractivity contribution in [2.45, 2.75) is 37.7 Å². The highest BCUT2D eigenvalue weighted by Crippen LogP contribution is 2.33. The first-order valence-electron chi connectivity index (χ1n) is 12.7. The molecule has 17 heteroatoms. The minimum atomic E-state index is -4.43. The van der Waals surface area contributed by atoms with Crippen LogP contribution in [0.15, 0.2) is 48.7 Å². The lowest BCUT2D eigenvalue weighted by Crippen LogP contribution is -2.58. The largest absolute Gasteiger partial charge is 0.478 e. The number of halogens is 3. The zero-order chi connectivity index (χ0) is 31.9. The van der Waals surface area contributed by atoms with E-state index in [4.69, 9.17) is 14.9 Å². The highest BCUT2D eigenvalue weighted by Gasteiger charge is 2.43. The van der Waals surface area contributed by atoms with Crippen molar-refractivity contribution in [3.05, 3.63) is 69.9 Å². The van der Waals surface area contributed by atoms with Gasteiger partial charge in [0.1, 0.15) is 11.8 Å². The van der Waals surface area contributed by atoms with Gasteiger partial charge in [-0.2, -0.15) is 13.2 Å². The molecule has 1 amide bonds. The number of hydrogen-bond acceptors (Lipinski definition) is 8. The molecule has 0 bridgehead atoms. The van der Waals surface area contributed by atoms with Crippen LogP contribution in [0.25, 0.3) is 6.08 Å². The van der Waals surface area contributed by atoms with Gasteiger partial charge in [-0.15, -0.1) is 0 Å². The SMILES string of the molecule is C[C@]1(CN2CCN(C(=O)O)CC2CC=Cc2cccc(C(F)(F)F)c2)Cn2cc([N+](=O)[O-])nc2O1.O=C(O)/C=C\C(=O)O. The first-order valence-corrected chi connectivity index (χ1v) is 12.7. The standard InChI is InChI=1S/C22H24F3N5O5.C4H4O4/c1-21(14-29-12-18(30(33)34)26-19(29)35-21)13-28-9-8-27(20(31)32)11-17(28)7-3-5-15-4-2-6-16(10-15)22(23,24)25;5-3(6)1-2-4(7)8/h2-6,10,12,17H,7-9,11,13-14H2,1H3,(H,31,32);1-2H,(H,5,6)(H,7,8)/b;2-1-/t17?,21-;/m0./s1. The van der Waals surface area contributed by atoms with Crippen LogP contribution in [0.3, 0.4) is 0 Å². The maximum absolute atomic E-state index is 13.0. The van der Waals surface area contributed by atoms with Gasteiger partial charge in [0.15, 0.2) is 0 Å². The molecule has 232 valence electrons. The third-order valence-electron chi connectivity index (χ3n) is 6.47. The average molecular weight is 612 g/mol. The lowest BCUT2D eigenvalue weighted by molar-refractivity contribution is -0.389. The van der Waals surface area contributed by atoms with Crippen molar-refractivity contribution in [3.8, 4) is 6.01 Å². The minimum absolute atomic E-state index is 0.157. The zero-order valence-corrected chi connectivity index (χ0v) is 22.7. The molecule has 2 atom stereocenters. The Hall–Kier alpha value is -4.93. The second-order valence-electron chi connectivity index (χ2n) is 9.94. The topological polar surface area (TPSA) is 189 Å². The molecule has 1 aromatic carbocycles. The van der Waals surface area contributed by atoms with Gasteiger partial charge in [-0.25, -0.2) is 14.4 Å². The maximum atomic E-state index is 13.0. The molecule has 0 spiro atoms. The highest BCUT2D eigenvalue weighted by molar-refractivity contribution is 5.89. The third kappa shape index (κ3) is 9.29. The summed E-state index contributed by atoms with van der Waals surface area (Å²) >= 11 is 0. The predicted octanol–water partition coefficient (Wildman–Crippen LogP) is 3.44. The van der Waals surface area contributed by atoms with Crippen molar-refractivity contribution in [1.29, 1.82) is 0 Å². The van der Waals surface area contributed by atoms with Crippen molar-refractivity contribution in [1.82, 2.24) is 19.4 Å². The Kier molecular flexibility index (Phi) is 10.1. The van der Waals surface area contributed by atoms with Crippen LogP contribution >= 0.6 is 0 Å². The molecule has 2 aliphatic heterocycles. The third-order valence-corrected chi connectivity index (χ3v) is 6.47. The molecule has 1 aromatic heterocycles. The van der Waals surface area contributed by atoms with Gasteiger partial charge in [-0.3, -0.25) is 9.47 Å². The normalized spacial score (nSPS) is 20.4. The Morgan fingerprint density at radius 1 is 1.19 bits per heavy atom. The molecule has 0 radical (unpaired) electrons. The Bertz CT molecular complexity index is 1380. The first-order chi connectivity index (χ1) is 20.1. The number of benzene rings is 1. The van der Waals surface area contributed by atoms with Crippen LogP contribution in [0.4, 0.5) is 23.8 Å². The number of piperazine rings is 1. The Labute approximate surface area is 242 Å². The molecule has 43 heavy (non-hydrogen) atoms. The number of fused-ring (bicyclic) bond motifs is 1. The van der Waals surface area contributed by atoms with Gasteiger partial charge < -0.3 is 35.1 Å². The molecule has 3 heterocycles. The Balaban J connectivity index is 0.000000557. The first kappa shape index (κ1) is 32.6. The molecule has 1 saturated heterocycles. The predicted molar refractivity (Wildman–Crippen MR) is 142 cm³/mol. The zero-order valence-electron chi connectivity index (χ0n) is 22.7. The van der Waals surface area contributed by atoms with E-state index in [1.807, 2.05) is 6.92 Å². The smallest absolute Gasteiger partial charge is 0.416 e. The molecule has 1 fully saturated rings. The van der Waals surface area contributed by atoms with E-state index in [0.29, 0.717) is 50.3 Å². The Morgan fingerprint density at radius 3 is 2.42 bits per heavy atom. The summed E-state index contributed by atoms with van der Waals surface area (Å²) in [4.78, 5) is 48.3. The number of imidazole rings is 1. The maximum Gasteiger partial charge on any atom is 0.416 e. The van der Waals surface area contributed by atoms with Crippen molar-refractivity contribution < 1.29 is 52.5 Å². The van der Waals surface area contributed by atoms with E-state index in [1.165, 1.54) is 17.2 Å². The van der Waals surface area contributed by atoms with E-state index in [9.17, 15) is 42.8 Å². The molecular formula is C26H28F3N5O9. The molecule has 0 saturated carbocycles. The van der Waals surface area contributed by atoms with Crippen molar-refractivity contribution in [2.24, 2.45) is 0 Å². The summed E-state index contributed by atoms with van der Waals surface area (Å²) in [5, 5.41) is 36.0. The molecule has 0 aliphatic carbocycles. The van der Waals surface area contributed by atoms with E-state index in [-0.39, 0.29) is 24.4 Å². The van der Waals surface area contributed by atoms with Crippen LogP contribution in [0.1, 0.15) is 24.5 Å². The summed E-state index contributed by atoms with van der Waals surface area (Å²) in [5.74, 6) is -2.81. The van der Waals surface area contributed by atoms with Crippen LogP contribution in [0, 0.1) is 10.1 Å². The van der Waals surface area contributed by atoms with Crippen LogP contribution in [0.5, 0.6) is 6.01 Å². The lowest BCUT2D eigenvalue weighted by atomic mass is 10.0. The summed E-state index contributed by atoms with van der Waals surface area (Å²) in [5.41, 5.74) is -1.07. The number of aromatic nitrogens is 2. The van der Waals surface area contributed by atoms with Gasteiger partial charge in [-0.1, -0.05) is 24.3 Å². The number of nitrogens with zero attached hydrogens (tertiary/aromatic N) is 5. The van der Waals surface area contributed by atoms with Crippen LogP contribution in [-0.2, 0) is 22.3 Å². The van der Waals surface area contributed by atoms with Crippen molar-refractivity contribution in [3.63, 3.8) is 0 Å². The van der Waals surface area contributed by atoms with E-state index in [1.54, 1.807) is 22.8 Å². The van der Waals surface area contributed by atoms with E-state index < -0.39 is 40.3 Å². The number of nitro groups is 1. The summed E-state index contributed by atoms with van der Waals surface area (Å²) in [7, 11) is 0. The number of aliphatic carboxylic acids is 2. The minimum Gasteiger partial charge on any atom is -0.478 e. The second-order valence-corrected chi connectivity index (χ2v) is 9.94. The van der Waals surface area contributed by atoms with E-state index in [2.05, 4.69) is 9.88 Å². The molecular weight excluding hydrogens is 583 g/mol. The summed E-state index contributed by atoms with van der Waals surface area (Å²) in [6.45, 7) is 3.58. The van der Waals surface area contributed by atoms with E-state index in [0.717, 1.165) is 12.1 Å². The van der Waals surface area contributed by atoms with Crippen LogP contribution in [0.2, 0.25) is 0 Å². The molecule has 4 rings (SSSR count). The monoisotopic (exact) mass is 611 g/mol. The summed E-state index contributed by atoms with van der Waals surface area (Å²) in [6.07, 6.45) is 0.708. The fraction of sp³-hybridized carbons (Fsp3) is 0.385. The van der Waals surface area contributed by atoms with Crippen LogP contribution in [-0.4, -0.2) is 95.4 Å². The fourth-order valence-corrected chi connectivity index (χ4v) is 4.61. The quantitative estimate of drug-likeness (QED) is 0.225. The summed E-state index contributed by atoms with van der Waals surface area (Å²) in [6, 6.07) is 4.91. The summed E-state index contributed by atoms with van der Waals surface area (Å²) < 4.78 is 46.4. The Morgan fingerprint density at radius 2 is 1.86 bits per heavy atom. The molecule has 2 aliphatic rings. The number of rotatable bonds is 8. The van der Waals surface area contributed by atoms with Crippen LogP contribution < -0.4 is 4.74 Å². The average Bonchev–Trinajstić information content (AvgIpc) is 3.43. The van der Waals surface area contributed by atoms with Gasteiger partial charge in [0, 0.05) is 49.4 Å². The number of alkyl halides is 3. The van der Waals surface area contributed by atoms with Gasteiger partial charge in [0.05, 0.1) is 12.1 Å². The highest BCUT2D eigenvalue weighted by atomic mass is 19.4. The van der Waals surface area contributed by atoms with Gasteiger partial charge in [-0.05, 0) is 36.0 Å². The van der Waals surface area contributed by atoms with Gasteiger partial charge in [0.2, 0.25) is 0 Å². The number of hydrogen-bond donors (Lipinski definition) is 3. The van der Waals surface area contributed by atoms with E-state index >= 15 is 0 Å². The molecule has 14 nitrogen and oxygen atoms in total. The molecule has 1 unspecified atom stereocenters. The van der Waals surface area contributed by atoms with Crippen molar-refractivity contribution >= 4 is 29.9 Å².